The average molecular weight is 433 g/mol. The lowest BCUT2D eigenvalue weighted by atomic mass is 9.72. The summed E-state index contributed by atoms with van der Waals surface area (Å²) in [4.78, 5) is 12.3. The van der Waals surface area contributed by atoms with Crippen molar-refractivity contribution in [2.24, 2.45) is 5.41 Å². The van der Waals surface area contributed by atoms with Crippen molar-refractivity contribution in [3.63, 3.8) is 0 Å². The minimum absolute atomic E-state index is 0.179. The molecule has 0 bridgehead atoms. The number of phenols is 1. The molecule has 2 atom stereocenters. The fraction of sp³-hybridized carbons (Fsp3) is 0.296. The zero-order valence-electron chi connectivity index (χ0n) is 18.5. The molecule has 0 saturated carbocycles. The number of phenolic OH excluding ortho intramolecular Hbond substituents is 1. The van der Waals surface area contributed by atoms with E-state index in [1.165, 1.54) is 0 Å². The zero-order valence-corrected chi connectivity index (χ0v) is 18.5. The highest BCUT2D eigenvalue weighted by molar-refractivity contribution is 5.78. The summed E-state index contributed by atoms with van der Waals surface area (Å²) in [5, 5.41) is 21.8. The molecule has 0 unspecified atom stereocenters. The Morgan fingerprint density at radius 1 is 1.06 bits per heavy atom. The molecule has 0 saturated heterocycles. The van der Waals surface area contributed by atoms with Crippen LogP contribution in [0.25, 0.3) is 0 Å². The van der Waals surface area contributed by atoms with Gasteiger partial charge in [0, 0.05) is 18.1 Å². The summed E-state index contributed by atoms with van der Waals surface area (Å²) in [5.74, 6) is 0.423. The van der Waals surface area contributed by atoms with E-state index in [1.54, 1.807) is 51.1 Å². The first-order valence-corrected chi connectivity index (χ1v) is 10.7. The number of aromatic hydroxyl groups is 1. The first-order chi connectivity index (χ1) is 15.2. The van der Waals surface area contributed by atoms with Gasteiger partial charge in [0.15, 0.2) is 0 Å². The first-order valence-electron chi connectivity index (χ1n) is 10.7. The van der Waals surface area contributed by atoms with Gasteiger partial charge in [0.25, 0.3) is 0 Å². The number of hydrogen-bond acceptors (Lipinski definition) is 5. The van der Waals surface area contributed by atoms with E-state index in [1.807, 2.05) is 42.5 Å². The molecule has 2 N–H and O–H groups in total. The lowest BCUT2D eigenvalue weighted by Crippen LogP contribution is -2.42. The van der Waals surface area contributed by atoms with Crippen molar-refractivity contribution in [3.05, 3.63) is 89.5 Å². The Morgan fingerprint density at radius 2 is 1.75 bits per heavy atom. The van der Waals surface area contributed by atoms with E-state index in [4.69, 9.17) is 9.47 Å². The van der Waals surface area contributed by atoms with Crippen LogP contribution in [0.2, 0.25) is 0 Å². The molecule has 0 fully saturated rings. The Bertz CT molecular complexity index is 1100. The molecule has 1 aliphatic rings. The number of hydrogen-bond donors (Lipinski definition) is 2. The normalized spacial score (nSPS) is 20.2. The molecule has 1 heterocycles. The number of carbonyl (C=O) groups excluding carboxylic acids is 1. The molecule has 0 aliphatic carbocycles. The van der Waals surface area contributed by atoms with Crippen molar-refractivity contribution in [2.75, 3.05) is 6.61 Å². The van der Waals surface area contributed by atoms with E-state index >= 15 is 0 Å². The SMILES string of the molecule is CC(C)(C)C(=O)Oc1ccc2c(c1)OC[C@H](c1ccccc1)[C@@]2(O)Cc1ccc(O)cc1. The molecule has 0 spiro atoms. The molecular formula is C27H28O5. The highest BCUT2D eigenvalue weighted by atomic mass is 16.5. The third-order valence-corrected chi connectivity index (χ3v) is 5.84. The Kier molecular flexibility index (Phi) is 5.70. The fourth-order valence-electron chi connectivity index (χ4n) is 4.00. The number of fused-ring (bicyclic) bond motifs is 1. The molecular weight excluding hydrogens is 404 g/mol. The first kappa shape index (κ1) is 21.9. The van der Waals surface area contributed by atoms with Crippen molar-refractivity contribution in [1.82, 2.24) is 0 Å². The third kappa shape index (κ3) is 4.34. The maximum atomic E-state index is 12.3. The number of carbonyl (C=O) groups is 1. The zero-order chi connectivity index (χ0) is 22.9. The van der Waals surface area contributed by atoms with Gasteiger partial charge in [-0.3, -0.25) is 4.79 Å². The molecule has 0 aromatic heterocycles. The van der Waals surface area contributed by atoms with E-state index in [2.05, 4.69) is 0 Å². The highest BCUT2D eigenvalue weighted by Gasteiger charge is 2.45. The molecule has 0 amide bonds. The Hall–Kier alpha value is -3.31. The van der Waals surface area contributed by atoms with E-state index < -0.39 is 11.0 Å². The van der Waals surface area contributed by atoms with Gasteiger partial charge in [-0.05, 0) is 56.2 Å². The predicted molar refractivity (Wildman–Crippen MR) is 122 cm³/mol. The standard InChI is InChI=1S/C27H28O5/c1-26(2,3)25(29)32-21-13-14-22-24(15-21)31-17-23(19-7-5-4-6-8-19)27(22,30)16-18-9-11-20(28)12-10-18/h4-15,23,28,30H,16-17H2,1-3H3/t23-,27-/m1/s1. The second kappa shape index (κ2) is 8.32. The minimum atomic E-state index is -1.25. The number of esters is 1. The summed E-state index contributed by atoms with van der Waals surface area (Å²) in [5.41, 5.74) is 0.624. The van der Waals surface area contributed by atoms with Crippen molar-refractivity contribution >= 4 is 5.97 Å². The molecule has 1 aliphatic heterocycles. The van der Waals surface area contributed by atoms with Crippen LogP contribution in [0.3, 0.4) is 0 Å². The number of ether oxygens (including phenoxy) is 2. The van der Waals surface area contributed by atoms with Gasteiger partial charge in [-0.2, -0.15) is 0 Å². The van der Waals surface area contributed by atoms with E-state index in [9.17, 15) is 15.0 Å². The van der Waals surface area contributed by atoms with E-state index in [0.29, 0.717) is 23.5 Å². The molecule has 4 rings (SSSR count). The van der Waals surface area contributed by atoms with Crippen molar-refractivity contribution in [1.29, 1.82) is 0 Å². The van der Waals surface area contributed by atoms with Crippen LogP contribution in [0.1, 0.15) is 43.4 Å². The van der Waals surface area contributed by atoms with Crippen LogP contribution in [0.5, 0.6) is 17.2 Å². The predicted octanol–water partition coefficient (Wildman–Crippen LogP) is 4.95. The monoisotopic (exact) mass is 432 g/mol. The molecule has 5 heteroatoms. The highest BCUT2D eigenvalue weighted by Crippen LogP contribution is 2.48. The van der Waals surface area contributed by atoms with Gasteiger partial charge < -0.3 is 19.7 Å². The second-order valence-electron chi connectivity index (χ2n) is 9.34. The maximum absolute atomic E-state index is 12.3. The van der Waals surface area contributed by atoms with Crippen LogP contribution in [0.15, 0.2) is 72.8 Å². The summed E-state index contributed by atoms with van der Waals surface area (Å²) in [6.07, 6.45) is 0.338. The second-order valence-corrected chi connectivity index (χ2v) is 9.34. The molecule has 0 radical (unpaired) electrons. The van der Waals surface area contributed by atoms with Crippen molar-refractivity contribution in [3.8, 4) is 17.2 Å². The van der Waals surface area contributed by atoms with Gasteiger partial charge in [0.2, 0.25) is 0 Å². The third-order valence-electron chi connectivity index (χ3n) is 5.84. The summed E-state index contributed by atoms with van der Waals surface area (Å²) >= 11 is 0. The van der Waals surface area contributed by atoms with Crippen LogP contribution in [-0.4, -0.2) is 22.8 Å². The Morgan fingerprint density at radius 3 is 2.41 bits per heavy atom. The van der Waals surface area contributed by atoms with Gasteiger partial charge in [-0.25, -0.2) is 0 Å². The minimum Gasteiger partial charge on any atom is -0.508 e. The van der Waals surface area contributed by atoms with Crippen molar-refractivity contribution < 1.29 is 24.5 Å². The van der Waals surface area contributed by atoms with Gasteiger partial charge in [0.1, 0.15) is 22.8 Å². The molecule has 3 aromatic carbocycles. The smallest absolute Gasteiger partial charge is 0.316 e. The summed E-state index contributed by atoms with van der Waals surface area (Å²) in [6, 6.07) is 21.8. The molecule has 166 valence electrons. The van der Waals surface area contributed by atoms with Gasteiger partial charge >= 0.3 is 5.97 Å². The summed E-state index contributed by atoms with van der Waals surface area (Å²) in [6.45, 7) is 5.67. The number of benzene rings is 3. The maximum Gasteiger partial charge on any atom is 0.316 e. The number of aliphatic hydroxyl groups is 1. The number of rotatable bonds is 4. The molecule has 3 aromatic rings. The van der Waals surface area contributed by atoms with Crippen LogP contribution < -0.4 is 9.47 Å². The summed E-state index contributed by atoms with van der Waals surface area (Å²) < 4.78 is 11.6. The van der Waals surface area contributed by atoms with Crippen LogP contribution in [0.4, 0.5) is 0 Å². The quantitative estimate of drug-likeness (QED) is 0.451. The molecule has 32 heavy (non-hydrogen) atoms. The lowest BCUT2D eigenvalue weighted by molar-refractivity contribution is -0.143. The van der Waals surface area contributed by atoms with E-state index in [-0.39, 0.29) is 24.2 Å². The largest absolute Gasteiger partial charge is 0.508 e. The molecule has 5 nitrogen and oxygen atoms in total. The lowest BCUT2D eigenvalue weighted by Gasteiger charge is -2.42. The van der Waals surface area contributed by atoms with Gasteiger partial charge in [-0.15, -0.1) is 0 Å². The fourth-order valence-corrected chi connectivity index (χ4v) is 4.00. The van der Waals surface area contributed by atoms with Gasteiger partial charge in [-0.1, -0.05) is 42.5 Å². The average Bonchev–Trinajstić information content (AvgIpc) is 2.75. The Labute approximate surface area is 188 Å². The topological polar surface area (TPSA) is 76.0 Å². The van der Waals surface area contributed by atoms with Gasteiger partial charge in [0.05, 0.1) is 17.9 Å². The van der Waals surface area contributed by atoms with E-state index in [0.717, 1.165) is 11.1 Å². The summed E-state index contributed by atoms with van der Waals surface area (Å²) in [7, 11) is 0. The van der Waals surface area contributed by atoms with Crippen LogP contribution >= 0.6 is 0 Å². The van der Waals surface area contributed by atoms with Crippen LogP contribution in [0, 0.1) is 5.41 Å². The van der Waals surface area contributed by atoms with Crippen molar-refractivity contribution in [2.45, 2.75) is 38.7 Å². The Balaban J connectivity index is 1.74. The van der Waals surface area contributed by atoms with Crippen LogP contribution in [-0.2, 0) is 16.8 Å².